The van der Waals surface area contributed by atoms with Gasteiger partial charge in [-0.1, -0.05) is 11.6 Å². The number of amides is 1. The van der Waals surface area contributed by atoms with E-state index >= 15 is 0 Å². The van der Waals surface area contributed by atoms with Crippen molar-refractivity contribution >= 4 is 39.1 Å². The van der Waals surface area contributed by atoms with Crippen LogP contribution in [0.5, 0.6) is 0 Å². The molecule has 1 rings (SSSR count). The van der Waals surface area contributed by atoms with Gasteiger partial charge in [0, 0.05) is 22.6 Å². The third-order valence-electron chi connectivity index (χ3n) is 1.71. The van der Waals surface area contributed by atoms with Crippen molar-refractivity contribution in [2.24, 2.45) is 5.73 Å². The molecule has 0 heterocycles. The lowest BCUT2D eigenvalue weighted by molar-refractivity contribution is -0.116. The summed E-state index contributed by atoms with van der Waals surface area (Å²) in [6, 6.07) is 5.07. The van der Waals surface area contributed by atoms with Gasteiger partial charge in [0.2, 0.25) is 5.91 Å². The minimum absolute atomic E-state index is 0.0979. The summed E-state index contributed by atoms with van der Waals surface area (Å²) in [5.74, 6) is -0.0979. The van der Waals surface area contributed by atoms with Gasteiger partial charge in [0.15, 0.2) is 0 Å². The molecule has 0 bridgehead atoms. The van der Waals surface area contributed by atoms with Gasteiger partial charge in [-0.15, -0.1) is 0 Å². The second kappa shape index (κ2) is 5.49. The zero-order valence-corrected chi connectivity index (χ0v) is 10.6. The molecule has 0 aliphatic carbocycles. The van der Waals surface area contributed by atoms with Crippen molar-refractivity contribution in [1.29, 1.82) is 0 Å². The van der Waals surface area contributed by atoms with E-state index in [4.69, 9.17) is 17.3 Å². The van der Waals surface area contributed by atoms with Gasteiger partial charge in [0.05, 0.1) is 5.02 Å². The first kappa shape index (κ1) is 12.5. The summed E-state index contributed by atoms with van der Waals surface area (Å²) in [6.07, 6.45) is 0.306. The molecule has 0 radical (unpaired) electrons. The molecule has 0 fully saturated rings. The van der Waals surface area contributed by atoms with Crippen molar-refractivity contribution < 1.29 is 4.79 Å². The highest BCUT2D eigenvalue weighted by Crippen LogP contribution is 2.25. The van der Waals surface area contributed by atoms with Crippen molar-refractivity contribution in [3.05, 3.63) is 27.7 Å². The molecule has 1 aromatic rings. The number of halogens is 2. The monoisotopic (exact) mass is 290 g/mol. The van der Waals surface area contributed by atoms with Crippen LogP contribution in [0.4, 0.5) is 5.69 Å². The fraction of sp³-hybridized carbons (Fsp3) is 0.300. The minimum Gasteiger partial charge on any atom is -0.327 e. The molecule has 3 nitrogen and oxygen atoms in total. The Kier molecular flexibility index (Phi) is 4.57. The Morgan fingerprint density at radius 2 is 2.33 bits per heavy atom. The molecule has 1 aromatic carbocycles. The Morgan fingerprint density at radius 1 is 1.67 bits per heavy atom. The Balaban J connectivity index is 2.65. The lowest BCUT2D eigenvalue weighted by atomic mass is 10.2. The van der Waals surface area contributed by atoms with Crippen LogP contribution in [0.2, 0.25) is 5.02 Å². The number of hydrogen-bond donors (Lipinski definition) is 2. The van der Waals surface area contributed by atoms with Gasteiger partial charge < -0.3 is 11.1 Å². The molecule has 0 aliphatic rings. The minimum atomic E-state index is -0.138. The number of rotatable bonds is 3. The third-order valence-corrected chi connectivity index (χ3v) is 2.92. The largest absolute Gasteiger partial charge is 0.327 e. The molecule has 82 valence electrons. The number of carbonyl (C=O) groups excluding carboxylic acids is 1. The molecule has 1 unspecified atom stereocenters. The molecule has 1 amide bonds. The zero-order valence-electron chi connectivity index (χ0n) is 8.26. The average molecular weight is 292 g/mol. The summed E-state index contributed by atoms with van der Waals surface area (Å²) in [7, 11) is 0. The van der Waals surface area contributed by atoms with Crippen molar-refractivity contribution in [1.82, 2.24) is 0 Å². The fourth-order valence-electron chi connectivity index (χ4n) is 1.08. The van der Waals surface area contributed by atoms with Gasteiger partial charge in [0.25, 0.3) is 0 Å². The van der Waals surface area contributed by atoms with Crippen LogP contribution in [0.15, 0.2) is 22.7 Å². The summed E-state index contributed by atoms with van der Waals surface area (Å²) in [4.78, 5) is 11.4. The van der Waals surface area contributed by atoms with Gasteiger partial charge in [0.1, 0.15) is 0 Å². The topological polar surface area (TPSA) is 55.1 Å². The van der Waals surface area contributed by atoms with Crippen LogP contribution >= 0.6 is 27.5 Å². The molecular formula is C10H12BrClN2O. The molecular weight excluding hydrogens is 279 g/mol. The summed E-state index contributed by atoms with van der Waals surface area (Å²) in [5, 5.41) is 3.35. The number of nitrogens with two attached hydrogens (primary N) is 1. The Labute approximate surface area is 102 Å². The maximum absolute atomic E-state index is 11.4. The second-order valence-electron chi connectivity index (χ2n) is 3.36. The molecule has 5 heteroatoms. The molecule has 0 aromatic heterocycles. The second-order valence-corrected chi connectivity index (χ2v) is 4.62. The van der Waals surface area contributed by atoms with Crippen LogP contribution in [0.1, 0.15) is 13.3 Å². The van der Waals surface area contributed by atoms with E-state index in [1.54, 1.807) is 25.1 Å². The van der Waals surface area contributed by atoms with Gasteiger partial charge >= 0.3 is 0 Å². The van der Waals surface area contributed by atoms with Crippen molar-refractivity contribution in [3.63, 3.8) is 0 Å². The summed E-state index contributed by atoms with van der Waals surface area (Å²) < 4.78 is 0.753. The van der Waals surface area contributed by atoms with E-state index in [1.165, 1.54) is 0 Å². The smallest absolute Gasteiger partial charge is 0.225 e. The third kappa shape index (κ3) is 4.20. The predicted octanol–water partition coefficient (Wildman–Crippen LogP) is 2.78. The highest BCUT2D eigenvalue weighted by molar-refractivity contribution is 9.10. The highest BCUT2D eigenvalue weighted by atomic mass is 79.9. The van der Waals surface area contributed by atoms with Crippen LogP contribution in [-0.2, 0) is 4.79 Å². The van der Waals surface area contributed by atoms with E-state index in [-0.39, 0.29) is 11.9 Å². The highest BCUT2D eigenvalue weighted by Gasteiger charge is 2.06. The van der Waals surface area contributed by atoms with Gasteiger partial charge in [-0.3, -0.25) is 4.79 Å². The van der Waals surface area contributed by atoms with E-state index < -0.39 is 0 Å². The first-order chi connectivity index (χ1) is 6.99. The Bertz CT molecular complexity index is 368. The van der Waals surface area contributed by atoms with Crippen LogP contribution < -0.4 is 11.1 Å². The summed E-state index contributed by atoms with van der Waals surface area (Å²) >= 11 is 9.10. The van der Waals surface area contributed by atoms with Gasteiger partial charge in [-0.25, -0.2) is 0 Å². The maximum atomic E-state index is 11.4. The molecule has 3 N–H and O–H groups in total. The van der Waals surface area contributed by atoms with Gasteiger partial charge in [-0.2, -0.15) is 0 Å². The lowest BCUT2D eigenvalue weighted by Crippen LogP contribution is -2.23. The number of benzene rings is 1. The SMILES string of the molecule is CC(N)CC(=O)Nc1ccc(Cl)c(Br)c1. The van der Waals surface area contributed by atoms with E-state index in [9.17, 15) is 4.79 Å². The van der Waals surface area contributed by atoms with Crippen LogP contribution in [-0.4, -0.2) is 11.9 Å². The number of hydrogen-bond acceptors (Lipinski definition) is 2. The Hall–Kier alpha value is -0.580. The molecule has 0 spiro atoms. The lowest BCUT2D eigenvalue weighted by Gasteiger charge is -2.07. The molecule has 1 atom stereocenters. The molecule has 0 saturated heterocycles. The first-order valence-electron chi connectivity index (χ1n) is 4.49. The quantitative estimate of drug-likeness (QED) is 0.900. The first-order valence-corrected chi connectivity index (χ1v) is 5.66. The summed E-state index contributed by atoms with van der Waals surface area (Å²) in [5.41, 5.74) is 6.22. The molecule has 0 saturated carbocycles. The zero-order chi connectivity index (χ0) is 11.4. The van der Waals surface area contributed by atoms with E-state index in [1.807, 2.05) is 0 Å². The Morgan fingerprint density at radius 3 is 2.87 bits per heavy atom. The van der Waals surface area contributed by atoms with Crippen LogP contribution in [0.3, 0.4) is 0 Å². The van der Waals surface area contributed by atoms with Crippen LogP contribution in [0, 0.1) is 0 Å². The van der Waals surface area contributed by atoms with E-state index in [0.717, 1.165) is 4.47 Å². The number of anilines is 1. The summed E-state index contributed by atoms with van der Waals surface area (Å²) in [6.45, 7) is 1.79. The number of carbonyl (C=O) groups is 1. The molecule has 0 aliphatic heterocycles. The predicted molar refractivity (Wildman–Crippen MR) is 66.0 cm³/mol. The standard InChI is InChI=1S/C10H12BrClN2O/c1-6(13)4-10(15)14-7-2-3-9(12)8(11)5-7/h2-3,5-6H,4,13H2,1H3,(H,14,15). The average Bonchev–Trinajstić information content (AvgIpc) is 2.10. The normalized spacial score (nSPS) is 12.3. The van der Waals surface area contributed by atoms with Crippen molar-refractivity contribution in [2.45, 2.75) is 19.4 Å². The van der Waals surface area contributed by atoms with E-state index in [0.29, 0.717) is 17.1 Å². The van der Waals surface area contributed by atoms with Crippen molar-refractivity contribution in [2.75, 3.05) is 5.32 Å². The molecule has 15 heavy (non-hydrogen) atoms. The van der Waals surface area contributed by atoms with Crippen molar-refractivity contribution in [3.8, 4) is 0 Å². The fourth-order valence-corrected chi connectivity index (χ4v) is 1.57. The maximum Gasteiger partial charge on any atom is 0.225 e. The van der Waals surface area contributed by atoms with Crippen LogP contribution in [0.25, 0.3) is 0 Å². The number of nitrogens with one attached hydrogen (secondary N) is 1. The van der Waals surface area contributed by atoms with E-state index in [2.05, 4.69) is 21.2 Å². The van der Waals surface area contributed by atoms with Gasteiger partial charge in [-0.05, 0) is 41.1 Å².